The lowest BCUT2D eigenvalue weighted by Gasteiger charge is -2.36. The molecule has 0 atom stereocenters. The number of rotatable bonds is 4. The fourth-order valence-electron chi connectivity index (χ4n) is 3.47. The van der Waals surface area contributed by atoms with Gasteiger partial charge in [-0.1, -0.05) is 23.7 Å². The summed E-state index contributed by atoms with van der Waals surface area (Å²) in [7, 11) is 1.95. The van der Waals surface area contributed by atoms with Crippen molar-refractivity contribution >= 4 is 23.2 Å². The van der Waals surface area contributed by atoms with Crippen LogP contribution in [0, 0.1) is 13.8 Å². The summed E-state index contributed by atoms with van der Waals surface area (Å²) in [5.74, 6) is 0.224. The molecule has 0 aliphatic carbocycles. The summed E-state index contributed by atoms with van der Waals surface area (Å²) in [4.78, 5) is 16.8. The number of hydrogen-bond acceptors (Lipinski definition) is 3. The number of benzene rings is 1. The number of aromatic nitrogens is 2. The molecular formula is C19H25ClN4O. The van der Waals surface area contributed by atoms with Crippen molar-refractivity contribution in [1.82, 2.24) is 14.7 Å². The highest BCUT2D eigenvalue weighted by molar-refractivity contribution is 6.33. The minimum absolute atomic E-state index is 0.224. The second-order valence-corrected chi connectivity index (χ2v) is 7.00. The third-order valence-electron chi connectivity index (χ3n) is 5.07. The number of amides is 1. The van der Waals surface area contributed by atoms with Crippen LogP contribution in [0.5, 0.6) is 0 Å². The molecule has 0 saturated carbocycles. The summed E-state index contributed by atoms with van der Waals surface area (Å²) in [6.45, 7) is 7.20. The molecule has 1 aliphatic rings. The van der Waals surface area contributed by atoms with E-state index in [2.05, 4.69) is 16.9 Å². The number of carbonyl (C=O) groups is 1. The highest BCUT2D eigenvalue weighted by Crippen LogP contribution is 2.26. The average Bonchev–Trinajstić information content (AvgIpc) is 2.85. The highest BCUT2D eigenvalue weighted by Gasteiger charge is 2.22. The first-order chi connectivity index (χ1) is 12.0. The van der Waals surface area contributed by atoms with E-state index in [4.69, 9.17) is 11.6 Å². The molecule has 1 fully saturated rings. The topological polar surface area (TPSA) is 41.4 Å². The van der Waals surface area contributed by atoms with Crippen molar-refractivity contribution in [3.05, 3.63) is 46.2 Å². The van der Waals surface area contributed by atoms with Gasteiger partial charge in [-0.3, -0.25) is 9.48 Å². The molecule has 0 N–H and O–H groups in total. The summed E-state index contributed by atoms with van der Waals surface area (Å²) in [5, 5.41) is 5.19. The number of hydrogen-bond donors (Lipinski definition) is 0. The molecule has 1 aromatic carbocycles. The van der Waals surface area contributed by atoms with Crippen LogP contribution in [0.4, 0.5) is 5.69 Å². The molecule has 0 spiro atoms. The van der Waals surface area contributed by atoms with Crippen LogP contribution in [-0.4, -0.2) is 46.8 Å². The lowest BCUT2D eigenvalue weighted by atomic mass is 10.1. The maximum atomic E-state index is 12.6. The Morgan fingerprint density at radius 3 is 2.44 bits per heavy atom. The Bertz CT molecular complexity index is 763. The molecule has 134 valence electrons. The van der Waals surface area contributed by atoms with Crippen LogP contribution < -0.4 is 4.90 Å². The molecule has 1 amide bonds. The van der Waals surface area contributed by atoms with Crippen LogP contribution in [0.3, 0.4) is 0 Å². The van der Waals surface area contributed by atoms with Gasteiger partial charge in [-0.2, -0.15) is 5.10 Å². The van der Waals surface area contributed by atoms with Crippen molar-refractivity contribution in [2.45, 2.75) is 26.7 Å². The molecule has 25 heavy (non-hydrogen) atoms. The monoisotopic (exact) mass is 360 g/mol. The minimum Gasteiger partial charge on any atom is -0.367 e. The number of anilines is 1. The Kier molecular flexibility index (Phi) is 5.33. The summed E-state index contributed by atoms with van der Waals surface area (Å²) >= 11 is 6.28. The van der Waals surface area contributed by atoms with Gasteiger partial charge in [0.15, 0.2) is 0 Å². The molecular weight excluding hydrogens is 336 g/mol. The van der Waals surface area contributed by atoms with Crippen LogP contribution >= 0.6 is 11.6 Å². The Labute approximate surface area is 154 Å². The van der Waals surface area contributed by atoms with E-state index in [9.17, 15) is 4.79 Å². The first-order valence-corrected chi connectivity index (χ1v) is 9.11. The van der Waals surface area contributed by atoms with Crippen molar-refractivity contribution in [2.24, 2.45) is 7.05 Å². The SMILES string of the molecule is Cc1nn(C)c(C)c1CCC(=O)N1CCN(c2ccccc2Cl)CC1. The standard InChI is InChI=1S/C19H25ClN4O/c1-14-16(15(2)22(3)21-14)8-9-19(25)24-12-10-23(11-13-24)18-7-5-4-6-17(18)20/h4-7H,8-13H2,1-3H3. The molecule has 6 heteroatoms. The van der Waals surface area contributed by atoms with Gasteiger partial charge in [0.05, 0.1) is 16.4 Å². The second kappa shape index (κ2) is 7.48. The third kappa shape index (κ3) is 3.82. The molecule has 1 aliphatic heterocycles. The van der Waals surface area contributed by atoms with E-state index >= 15 is 0 Å². The number of carbonyl (C=O) groups excluding carboxylic acids is 1. The quantitative estimate of drug-likeness (QED) is 0.841. The van der Waals surface area contributed by atoms with Gasteiger partial charge in [-0.15, -0.1) is 0 Å². The van der Waals surface area contributed by atoms with E-state index < -0.39 is 0 Å². The van der Waals surface area contributed by atoms with Gasteiger partial charge >= 0.3 is 0 Å². The normalized spacial score (nSPS) is 14.9. The van der Waals surface area contributed by atoms with Crippen molar-refractivity contribution in [3.63, 3.8) is 0 Å². The van der Waals surface area contributed by atoms with E-state index in [1.807, 2.05) is 47.8 Å². The van der Waals surface area contributed by atoms with Crippen LogP contribution in [-0.2, 0) is 18.3 Å². The maximum Gasteiger partial charge on any atom is 0.223 e. The Morgan fingerprint density at radius 2 is 1.84 bits per heavy atom. The van der Waals surface area contributed by atoms with Gasteiger partial charge in [0.2, 0.25) is 5.91 Å². The summed E-state index contributed by atoms with van der Waals surface area (Å²) < 4.78 is 1.89. The van der Waals surface area contributed by atoms with Crippen LogP contribution in [0.1, 0.15) is 23.4 Å². The van der Waals surface area contributed by atoms with Gasteiger partial charge in [-0.25, -0.2) is 0 Å². The van der Waals surface area contributed by atoms with E-state index in [1.165, 1.54) is 5.56 Å². The van der Waals surface area contributed by atoms with Crippen LogP contribution in [0.25, 0.3) is 0 Å². The smallest absolute Gasteiger partial charge is 0.223 e. The van der Waals surface area contributed by atoms with Crippen molar-refractivity contribution < 1.29 is 4.79 Å². The third-order valence-corrected chi connectivity index (χ3v) is 5.39. The molecule has 5 nitrogen and oxygen atoms in total. The second-order valence-electron chi connectivity index (χ2n) is 6.59. The van der Waals surface area contributed by atoms with Crippen LogP contribution in [0.15, 0.2) is 24.3 Å². The highest BCUT2D eigenvalue weighted by atomic mass is 35.5. The first kappa shape index (κ1) is 17.8. The predicted molar refractivity (Wildman–Crippen MR) is 101 cm³/mol. The molecule has 3 rings (SSSR count). The zero-order valence-corrected chi connectivity index (χ0v) is 15.9. The number of halogens is 1. The Morgan fingerprint density at radius 1 is 1.16 bits per heavy atom. The van der Waals surface area contributed by atoms with E-state index in [0.717, 1.165) is 54.7 Å². The largest absolute Gasteiger partial charge is 0.367 e. The van der Waals surface area contributed by atoms with Crippen molar-refractivity contribution in [2.75, 3.05) is 31.1 Å². The average molecular weight is 361 g/mol. The molecule has 1 saturated heterocycles. The molecule has 0 bridgehead atoms. The van der Waals surface area contributed by atoms with Gasteiger partial charge in [-0.05, 0) is 38.0 Å². The number of piperazine rings is 1. The zero-order chi connectivity index (χ0) is 18.0. The van der Waals surface area contributed by atoms with Gasteiger partial charge in [0, 0.05) is 45.3 Å². The number of nitrogens with zero attached hydrogens (tertiary/aromatic N) is 4. The zero-order valence-electron chi connectivity index (χ0n) is 15.1. The van der Waals surface area contributed by atoms with E-state index in [0.29, 0.717) is 6.42 Å². The predicted octanol–water partition coefficient (Wildman–Crippen LogP) is 2.97. The summed E-state index contributed by atoms with van der Waals surface area (Å²) in [5.41, 5.74) is 4.42. The van der Waals surface area contributed by atoms with Crippen LogP contribution in [0.2, 0.25) is 5.02 Å². The fourth-order valence-corrected chi connectivity index (χ4v) is 3.73. The molecule has 2 heterocycles. The number of aryl methyl sites for hydroxylation is 2. The Hall–Kier alpha value is -2.01. The molecule has 0 radical (unpaired) electrons. The van der Waals surface area contributed by atoms with Gasteiger partial charge in [0.1, 0.15) is 0 Å². The van der Waals surface area contributed by atoms with Crippen molar-refractivity contribution in [3.8, 4) is 0 Å². The van der Waals surface area contributed by atoms with Gasteiger partial charge < -0.3 is 9.80 Å². The van der Waals surface area contributed by atoms with E-state index in [1.54, 1.807) is 0 Å². The van der Waals surface area contributed by atoms with Gasteiger partial charge in [0.25, 0.3) is 0 Å². The molecule has 1 aromatic heterocycles. The number of para-hydroxylation sites is 1. The maximum absolute atomic E-state index is 12.6. The lowest BCUT2D eigenvalue weighted by molar-refractivity contribution is -0.131. The molecule has 2 aromatic rings. The summed E-state index contributed by atoms with van der Waals surface area (Å²) in [6, 6.07) is 7.88. The first-order valence-electron chi connectivity index (χ1n) is 8.73. The van der Waals surface area contributed by atoms with E-state index in [-0.39, 0.29) is 5.91 Å². The molecule has 0 unspecified atom stereocenters. The minimum atomic E-state index is 0.224. The Balaban J connectivity index is 1.54. The van der Waals surface area contributed by atoms with Crippen molar-refractivity contribution in [1.29, 1.82) is 0 Å². The fraction of sp³-hybridized carbons (Fsp3) is 0.474. The summed E-state index contributed by atoms with van der Waals surface area (Å²) in [6.07, 6.45) is 1.30. The lowest BCUT2D eigenvalue weighted by Crippen LogP contribution is -2.49.